The van der Waals surface area contributed by atoms with Crippen LogP contribution in [0, 0.1) is 7.05 Å². The molecular weight excluding hydrogens is 306 g/mol. The molecule has 0 aliphatic carbocycles. The Hall–Kier alpha value is -0.420. The molecule has 2 saturated heterocycles. The van der Waals surface area contributed by atoms with E-state index in [-0.39, 0.29) is 5.79 Å². The maximum Gasteiger partial charge on any atom is 0.179 e. The minimum absolute atomic E-state index is 0.293. The van der Waals surface area contributed by atoms with E-state index in [1.54, 1.807) is 0 Å². The Bertz CT molecular complexity index is 430. The van der Waals surface area contributed by atoms with Gasteiger partial charge >= 0.3 is 0 Å². The summed E-state index contributed by atoms with van der Waals surface area (Å²) in [5, 5.41) is 0. The molecule has 1 aromatic carbocycles. The van der Waals surface area contributed by atoms with Gasteiger partial charge in [-0.25, -0.2) is 0 Å². The molecule has 104 valence electrons. The molecule has 4 heteroatoms. The first-order valence-electron chi connectivity index (χ1n) is 6.82. The Kier molecular flexibility index (Phi) is 3.69. The first-order chi connectivity index (χ1) is 9.09. The number of ether oxygens (including phenoxy) is 2. The third-order valence-electron chi connectivity index (χ3n) is 4.18. The Labute approximate surface area is 123 Å². The number of rotatable bonds is 2. The van der Waals surface area contributed by atoms with Crippen LogP contribution in [0.5, 0.6) is 0 Å². The Morgan fingerprint density at radius 2 is 1.68 bits per heavy atom. The third-order valence-corrected chi connectivity index (χ3v) is 4.71. The monoisotopic (exact) mass is 325 g/mol. The van der Waals surface area contributed by atoms with Crippen LogP contribution >= 0.6 is 15.9 Å². The van der Waals surface area contributed by atoms with Crippen molar-refractivity contribution in [3.8, 4) is 0 Å². The zero-order valence-corrected chi connectivity index (χ0v) is 12.7. The fourth-order valence-electron chi connectivity index (χ4n) is 2.97. The minimum atomic E-state index is -0.293. The number of likely N-dealkylation sites (tertiary alicyclic amines) is 1. The van der Waals surface area contributed by atoms with E-state index < -0.39 is 0 Å². The number of quaternary nitrogens is 1. The lowest BCUT2D eigenvalue weighted by Crippen LogP contribution is -2.53. The Morgan fingerprint density at radius 3 is 2.26 bits per heavy atom. The van der Waals surface area contributed by atoms with Gasteiger partial charge < -0.3 is 14.0 Å². The molecule has 0 atom stereocenters. The van der Waals surface area contributed by atoms with Gasteiger partial charge in [0.25, 0.3) is 0 Å². The number of hydrogen-bond donors (Lipinski definition) is 0. The van der Waals surface area contributed by atoms with E-state index in [2.05, 4.69) is 47.2 Å². The number of nitrogens with zero attached hydrogens (tertiary/aromatic N) is 1. The van der Waals surface area contributed by atoms with Gasteiger partial charge in [-0.1, -0.05) is 28.1 Å². The second kappa shape index (κ2) is 5.17. The van der Waals surface area contributed by atoms with Crippen LogP contribution in [0.1, 0.15) is 18.4 Å². The molecule has 2 aliphatic heterocycles. The average molecular weight is 326 g/mol. The van der Waals surface area contributed by atoms with Crippen LogP contribution in [0.25, 0.3) is 0 Å². The summed E-state index contributed by atoms with van der Waals surface area (Å²) in [6, 6.07) is 8.52. The summed E-state index contributed by atoms with van der Waals surface area (Å²) in [6.07, 6.45) is 1.90. The van der Waals surface area contributed by atoms with Crippen LogP contribution in [0.15, 0.2) is 28.7 Å². The molecule has 0 aromatic heterocycles. The second-order valence-electron chi connectivity index (χ2n) is 5.68. The number of piperidine rings is 1. The summed E-state index contributed by atoms with van der Waals surface area (Å²) in [4.78, 5) is 0. The summed E-state index contributed by atoms with van der Waals surface area (Å²) in [6.45, 7) is 4.48. The lowest BCUT2D eigenvalue weighted by molar-refractivity contribution is -0.907. The van der Waals surface area contributed by atoms with Crippen LogP contribution in [0.4, 0.5) is 0 Å². The first kappa shape index (κ1) is 13.6. The van der Waals surface area contributed by atoms with Gasteiger partial charge in [0.05, 0.1) is 32.8 Å². The van der Waals surface area contributed by atoms with Crippen LogP contribution in [0.3, 0.4) is 0 Å². The largest absolute Gasteiger partial charge is 0.453 e. The molecule has 2 heterocycles. The van der Waals surface area contributed by atoms with E-state index in [0.29, 0.717) is 0 Å². The molecule has 3 rings (SSSR count). The van der Waals surface area contributed by atoms with Crippen molar-refractivity contribution in [2.24, 2.45) is 0 Å². The third kappa shape index (κ3) is 3.02. The number of hydrogen-bond acceptors (Lipinski definition) is 2. The molecular formula is C15H20BrNO2. The first-order valence-corrected chi connectivity index (χ1v) is 7.61. The van der Waals surface area contributed by atoms with Crippen LogP contribution in [-0.4, -0.2) is 36.6 Å². The maximum atomic E-state index is 5.77. The average Bonchev–Trinajstić information content (AvgIpc) is 2.86. The highest BCUT2D eigenvalue weighted by atomic mass is 79.9. The van der Waals surface area contributed by atoms with Crippen molar-refractivity contribution in [3.05, 3.63) is 41.3 Å². The summed E-state index contributed by atoms with van der Waals surface area (Å²) in [5.41, 5.74) is 1.34. The van der Waals surface area contributed by atoms with E-state index in [9.17, 15) is 0 Å². The normalized spacial score (nSPS) is 24.7. The van der Waals surface area contributed by atoms with Gasteiger partial charge in [0.2, 0.25) is 0 Å². The number of benzene rings is 1. The molecule has 1 spiro atoms. The van der Waals surface area contributed by atoms with Gasteiger partial charge in [0, 0.05) is 22.9 Å². The van der Waals surface area contributed by atoms with Crippen molar-refractivity contribution in [1.29, 1.82) is 0 Å². The molecule has 2 aliphatic rings. The van der Waals surface area contributed by atoms with E-state index in [0.717, 1.165) is 54.6 Å². The Morgan fingerprint density at radius 1 is 1.11 bits per heavy atom. The molecule has 0 saturated carbocycles. The van der Waals surface area contributed by atoms with Crippen molar-refractivity contribution >= 4 is 15.9 Å². The quantitative estimate of drug-likeness (QED) is 0.614. The van der Waals surface area contributed by atoms with Gasteiger partial charge in [-0.3, -0.25) is 0 Å². The van der Waals surface area contributed by atoms with E-state index in [4.69, 9.17) is 9.47 Å². The highest BCUT2D eigenvalue weighted by Crippen LogP contribution is 2.35. The van der Waals surface area contributed by atoms with Gasteiger partial charge in [0.15, 0.2) is 5.79 Å². The lowest BCUT2D eigenvalue weighted by atomic mass is 10.0. The fourth-order valence-corrected chi connectivity index (χ4v) is 3.24. The lowest BCUT2D eigenvalue weighted by Gasteiger charge is -2.49. The highest BCUT2D eigenvalue weighted by Gasteiger charge is 2.42. The maximum absolute atomic E-state index is 5.77. The van der Waals surface area contributed by atoms with Crippen LogP contribution in [0.2, 0.25) is 0 Å². The molecule has 2 fully saturated rings. The van der Waals surface area contributed by atoms with E-state index in [1.807, 2.05) is 0 Å². The van der Waals surface area contributed by atoms with Crippen molar-refractivity contribution in [2.75, 3.05) is 26.3 Å². The molecule has 0 unspecified atom stereocenters. The second-order valence-corrected chi connectivity index (χ2v) is 6.60. The van der Waals surface area contributed by atoms with Gasteiger partial charge in [-0.05, 0) is 12.1 Å². The van der Waals surface area contributed by atoms with E-state index in [1.165, 1.54) is 5.56 Å². The molecule has 0 amide bonds. The Balaban J connectivity index is 1.63. The number of halogens is 1. The standard InChI is InChI=1S/C15H20BrNO2/c1-17(12-13-2-4-14(16)5-3-13)8-6-15(7-9-17)18-10-11-19-15/h2-5H,1,6-12H2. The zero-order valence-electron chi connectivity index (χ0n) is 11.1. The highest BCUT2D eigenvalue weighted by molar-refractivity contribution is 9.10. The summed E-state index contributed by atoms with van der Waals surface area (Å²) >= 11 is 3.47. The summed E-state index contributed by atoms with van der Waals surface area (Å²) in [5.74, 6) is -0.293. The van der Waals surface area contributed by atoms with Gasteiger partial charge in [-0.2, -0.15) is 0 Å². The van der Waals surface area contributed by atoms with E-state index >= 15 is 0 Å². The van der Waals surface area contributed by atoms with Crippen LogP contribution < -0.4 is 0 Å². The SMILES string of the molecule is [CH2-][N+]1(Cc2ccc(Br)cc2)CCC2(CC1)OCCO2. The predicted molar refractivity (Wildman–Crippen MR) is 77.1 cm³/mol. The molecule has 1 aromatic rings. The minimum Gasteiger partial charge on any atom is -0.453 e. The molecule has 0 N–H and O–H groups in total. The van der Waals surface area contributed by atoms with Crippen LogP contribution in [-0.2, 0) is 16.0 Å². The summed E-state index contributed by atoms with van der Waals surface area (Å²) < 4.78 is 13.5. The molecule has 0 bridgehead atoms. The van der Waals surface area contributed by atoms with Crippen molar-refractivity contribution in [1.82, 2.24) is 0 Å². The molecule has 3 nitrogen and oxygen atoms in total. The fraction of sp³-hybridized carbons (Fsp3) is 0.533. The zero-order chi connectivity index (χ0) is 13.3. The molecule has 0 radical (unpaired) electrons. The predicted octanol–water partition coefficient (Wildman–Crippen LogP) is 3.09. The van der Waals surface area contributed by atoms with Crippen molar-refractivity contribution in [2.45, 2.75) is 25.2 Å². The summed E-state index contributed by atoms with van der Waals surface area (Å²) in [7, 11) is 4.42. The topological polar surface area (TPSA) is 18.5 Å². The van der Waals surface area contributed by atoms with Gasteiger partial charge in [-0.15, -0.1) is 7.05 Å². The van der Waals surface area contributed by atoms with Crippen molar-refractivity contribution in [3.63, 3.8) is 0 Å². The smallest absolute Gasteiger partial charge is 0.179 e. The van der Waals surface area contributed by atoms with Crippen molar-refractivity contribution < 1.29 is 14.0 Å². The molecule has 19 heavy (non-hydrogen) atoms. The van der Waals surface area contributed by atoms with Gasteiger partial charge in [0.1, 0.15) is 0 Å².